The van der Waals surface area contributed by atoms with Crippen LogP contribution in [0.15, 0.2) is 12.4 Å². The molecule has 3 nitrogen and oxygen atoms in total. The maximum absolute atomic E-state index is 4.43. The molecular formula is C17H29N3. The third-order valence-corrected chi connectivity index (χ3v) is 5.07. The zero-order valence-corrected chi connectivity index (χ0v) is 12.9. The molecule has 0 aliphatic heterocycles. The number of rotatable bonds is 6. The van der Waals surface area contributed by atoms with Crippen molar-refractivity contribution in [2.75, 3.05) is 6.54 Å². The SMILES string of the molecule is CCn1cc(CC2CCCCCC2CNC2CC2)cn1. The Kier molecular flexibility index (Phi) is 4.77. The molecule has 0 bridgehead atoms. The maximum Gasteiger partial charge on any atom is 0.0521 e. The van der Waals surface area contributed by atoms with E-state index in [1.807, 2.05) is 0 Å². The van der Waals surface area contributed by atoms with Crippen LogP contribution < -0.4 is 5.32 Å². The van der Waals surface area contributed by atoms with E-state index in [0.717, 1.165) is 24.4 Å². The lowest BCUT2D eigenvalue weighted by atomic mass is 9.83. The van der Waals surface area contributed by atoms with Crippen LogP contribution in [0.5, 0.6) is 0 Å². The van der Waals surface area contributed by atoms with E-state index in [1.54, 1.807) is 0 Å². The van der Waals surface area contributed by atoms with E-state index in [0.29, 0.717) is 0 Å². The average molecular weight is 275 g/mol. The quantitative estimate of drug-likeness (QED) is 0.807. The molecule has 2 fully saturated rings. The second-order valence-electron chi connectivity index (χ2n) is 6.75. The van der Waals surface area contributed by atoms with E-state index in [4.69, 9.17) is 0 Å². The number of nitrogens with one attached hydrogen (secondary N) is 1. The Hall–Kier alpha value is -0.830. The molecule has 3 rings (SSSR count). The minimum atomic E-state index is 0.849. The van der Waals surface area contributed by atoms with E-state index >= 15 is 0 Å². The van der Waals surface area contributed by atoms with Gasteiger partial charge in [-0.2, -0.15) is 5.10 Å². The number of hydrogen-bond acceptors (Lipinski definition) is 2. The molecule has 2 aliphatic carbocycles. The number of hydrogen-bond donors (Lipinski definition) is 1. The van der Waals surface area contributed by atoms with Crippen molar-refractivity contribution in [3.05, 3.63) is 18.0 Å². The molecule has 1 N–H and O–H groups in total. The smallest absolute Gasteiger partial charge is 0.0521 e. The van der Waals surface area contributed by atoms with Gasteiger partial charge in [0.05, 0.1) is 6.20 Å². The zero-order valence-electron chi connectivity index (χ0n) is 12.9. The fourth-order valence-electron chi connectivity index (χ4n) is 3.59. The fraction of sp³-hybridized carbons (Fsp3) is 0.824. The van der Waals surface area contributed by atoms with Crippen molar-refractivity contribution in [1.82, 2.24) is 15.1 Å². The first-order valence-electron chi connectivity index (χ1n) is 8.60. The average Bonchev–Trinajstić information content (AvgIpc) is 3.21. The summed E-state index contributed by atoms with van der Waals surface area (Å²) in [7, 11) is 0. The predicted octanol–water partition coefficient (Wildman–Crippen LogP) is 3.39. The summed E-state index contributed by atoms with van der Waals surface area (Å²) >= 11 is 0. The Morgan fingerprint density at radius 1 is 1.15 bits per heavy atom. The van der Waals surface area contributed by atoms with Crippen LogP contribution in [-0.4, -0.2) is 22.4 Å². The molecule has 2 unspecified atom stereocenters. The van der Waals surface area contributed by atoms with Gasteiger partial charge in [-0.1, -0.05) is 19.3 Å². The molecule has 2 atom stereocenters. The molecule has 0 radical (unpaired) electrons. The minimum absolute atomic E-state index is 0.849. The van der Waals surface area contributed by atoms with Gasteiger partial charge in [0.25, 0.3) is 0 Å². The molecule has 0 amide bonds. The molecule has 1 aromatic rings. The van der Waals surface area contributed by atoms with Crippen LogP contribution in [0, 0.1) is 11.8 Å². The molecule has 1 heterocycles. The normalized spacial score (nSPS) is 27.4. The summed E-state index contributed by atoms with van der Waals surface area (Å²) in [6, 6.07) is 0.849. The third-order valence-electron chi connectivity index (χ3n) is 5.07. The Morgan fingerprint density at radius 2 is 1.95 bits per heavy atom. The molecule has 112 valence electrons. The van der Waals surface area contributed by atoms with Crippen molar-refractivity contribution in [2.24, 2.45) is 11.8 Å². The van der Waals surface area contributed by atoms with Crippen LogP contribution in [0.2, 0.25) is 0 Å². The lowest BCUT2D eigenvalue weighted by molar-refractivity contribution is 0.297. The van der Waals surface area contributed by atoms with Crippen molar-refractivity contribution >= 4 is 0 Å². The summed E-state index contributed by atoms with van der Waals surface area (Å²) in [5, 5.41) is 8.20. The first-order valence-corrected chi connectivity index (χ1v) is 8.60. The second-order valence-corrected chi connectivity index (χ2v) is 6.75. The lowest BCUT2D eigenvalue weighted by Gasteiger charge is -2.25. The Bertz CT molecular complexity index is 408. The summed E-state index contributed by atoms with van der Waals surface area (Å²) in [4.78, 5) is 0. The topological polar surface area (TPSA) is 29.9 Å². The Balaban J connectivity index is 1.59. The van der Waals surface area contributed by atoms with Crippen molar-refractivity contribution in [3.63, 3.8) is 0 Å². The van der Waals surface area contributed by atoms with Crippen LogP contribution >= 0.6 is 0 Å². The van der Waals surface area contributed by atoms with Gasteiger partial charge in [-0.3, -0.25) is 4.68 Å². The molecule has 3 heteroatoms. The molecule has 0 saturated heterocycles. The highest BCUT2D eigenvalue weighted by atomic mass is 15.3. The summed E-state index contributed by atoms with van der Waals surface area (Å²) < 4.78 is 2.06. The highest BCUT2D eigenvalue weighted by Crippen LogP contribution is 2.32. The monoisotopic (exact) mass is 275 g/mol. The summed E-state index contributed by atoms with van der Waals surface area (Å²) in [6.07, 6.45) is 15.5. The predicted molar refractivity (Wildman–Crippen MR) is 82.7 cm³/mol. The van der Waals surface area contributed by atoms with E-state index in [2.05, 4.69) is 34.4 Å². The van der Waals surface area contributed by atoms with Gasteiger partial charge >= 0.3 is 0 Å². The minimum Gasteiger partial charge on any atom is -0.314 e. The van der Waals surface area contributed by atoms with Gasteiger partial charge in [0.1, 0.15) is 0 Å². The van der Waals surface area contributed by atoms with E-state index < -0.39 is 0 Å². The fourth-order valence-corrected chi connectivity index (χ4v) is 3.59. The molecule has 0 aromatic carbocycles. The third kappa shape index (κ3) is 3.85. The molecule has 0 spiro atoms. The van der Waals surface area contributed by atoms with Crippen LogP contribution in [0.1, 0.15) is 57.4 Å². The van der Waals surface area contributed by atoms with Crippen LogP contribution in [-0.2, 0) is 13.0 Å². The van der Waals surface area contributed by atoms with Gasteiger partial charge in [0.2, 0.25) is 0 Å². The van der Waals surface area contributed by atoms with Crippen molar-refractivity contribution in [1.29, 1.82) is 0 Å². The molecule has 20 heavy (non-hydrogen) atoms. The van der Waals surface area contributed by atoms with Crippen molar-refractivity contribution in [3.8, 4) is 0 Å². The van der Waals surface area contributed by atoms with E-state index in [-0.39, 0.29) is 0 Å². The van der Waals surface area contributed by atoms with Gasteiger partial charge in [-0.25, -0.2) is 0 Å². The zero-order chi connectivity index (χ0) is 13.8. The van der Waals surface area contributed by atoms with Crippen molar-refractivity contribution in [2.45, 2.75) is 70.9 Å². The summed E-state index contributed by atoms with van der Waals surface area (Å²) in [5.41, 5.74) is 1.44. The number of aromatic nitrogens is 2. The number of aryl methyl sites for hydroxylation is 1. The molecule has 2 saturated carbocycles. The van der Waals surface area contributed by atoms with Crippen molar-refractivity contribution < 1.29 is 0 Å². The molecular weight excluding hydrogens is 246 g/mol. The maximum atomic E-state index is 4.43. The van der Waals surface area contributed by atoms with Gasteiger partial charge < -0.3 is 5.32 Å². The highest BCUT2D eigenvalue weighted by molar-refractivity contribution is 5.06. The highest BCUT2D eigenvalue weighted by Gasteiger charge is 2.27. The largest absolute Gasteiger partial charge is 0.314 e. The first-order chi connectivity index (χ1) is 9.85. The Morgan fingerprint density at radius 3 is 2.65 bits per heavy atom. The van der Waals surface area contributed by atoms with Gasteiger partial charge in [0, 0.05) is 18.8 Å². The van der Waals surface area contributed by atoms with E-state index in [1.165, 1.54) is 63.5 Å². The molecule has 1 aromatic heterocycles. The van der Waals surface area contributed by atoms with Crippen LogP contribution in [0.25, 0.3) is 0 Å². The molecule has 2 aliphatic rings. The second kappa shape index (κ2) is 6.75. The van der Waals surface area contributed by atoms with Crippen LogP contribution in [0.3, 0.4) is 0 Å². The summed E-state index contributed by atoms with van der Waals surface area (Å²) in [6.45, 7) is 4.39. The van der Waals surface area contributed by atoms with Gasteiger partial charge in [0.15, 0.2) is 0 Å². The van der Waals surface area contributed by atoms with Gasteiger partial charge in [-0.05, 0) is 63.0 Å². The van der Waals surface area contributed by atoms with E-state index in [9.17, 15) is 0 Å². The first kappa shape index (κ1) is 14.1. The Labute approximate surface area is 123 Å². The van der Waals surface area contributed by atoms with Gasteiger partial charge in [-0.15, -0.1) is 0 Å². The lowest BCUT2D eigenvalue weighted by Crippen LogP contribution is -2.30. The number of nitrogens with zero attached hydrogens (tertiary/aromatic N) is 2. The summed E-state index contributed by atoms with van der Waals surface area (Å²) in [5.74, 6) is 1.74. The standard InChI is InChI=1S/C17H29N3/c1-2-20-13-14(11-19-20)10-15-6-4-3-5-7-16(15)12-18-17-8-9-17/h11,13,15-18H,2-10,12H2,1H3. The van der Waals surface area contributed by atoms with Crippen LogP contribution in [0.4, 0.5) is 0 Å².